The minimum absolute atomic E-state index is 0.179. The van der Waals surface area contributed by atoms with Crippen molar-refractivity contribution in [3.8, 4) is 11.5 Å². The molecule has 3 aromatic carbocycles. The number of nitrogens with zero attached hydrogens (tertiary/aromatic N) is 1. The third-order valence-electron chi connectivity index (χ3n) is 4.77. The van der Waals surface area contributed by atoms with Gasteiger partial charge in [0.15, 0.2) is 11.5 Å². The lowest BCUT2D eigenvalue weighted by Gasteiger charge is -2.25. The molecule has 0 spiro atoms. The largest absolute Gasteiger partial charge is 0.493 e. The number of halogens is 1. The van der Waals surface area contributed by atoms with Crippen LogP contribution in [-0.4, -0.2) is 35.1 Å². The molecule has 0 radical (unpaired) electrons. The summed E-state index contributed by atoms with van der Waals surface area (Å²) in [5, 5.41) is 2.68. The molecule has 0 saturated carbocycles. The average Bonchev–Trinajstić information content (AvgIpc) is 2.79. The molecule has 0 aliphatic rings. The number of methoxy groups -OCH3 is 2. The molecule has 3 aromatic rings. The maximum Gasteiger partial charge on any atom is 0.265 e. The first-order valence-corrected chi connectivity index (χ1v) is 11.1. The van der Waals surface area contributed by atoms with Gasteiger partial charge in [0.25, 0.3) is 10.0 Å². The molecule has 0 aliphatic carbocycles. The van der Waals surface area contributed by atoms with Crippen LogP contribution in [0.1, 0.15) is 5.56 Å². The predicted octanol–water partition coefficient (Wildman–Crippen LogP) is 3.99. The maximum absolute atomic E-state index is 14.6. The third-order valence-corrected chi connectivity index (χ3v) is 6.53. The molecule has 0 aliphatic heterocycles. The SMILES string of the molecule is COc1ccc(S(=O)(=O)N(CC(=O)Nc2ccccc2C)c2ccccc2F)cc1OC. The Bertz CT molecular complexity index is 1230. The number of ether oxygens (including phenoxy) is 2. The zero-order valence-electron chi connectivity index (χ0n) is 17.8. The highest BCUT2D eigenvalue weighted by Gasteiger charge is 2.30. The van der Waals surface area contributed by atoms with E-state index < -0.39 is 28.3 Å². The van der Waals surface area contributed by atoms with E-state index in [9.17, 15) is 17.6 Å². The lowest BCUT2D eigenvalue weighted by atomic mass is 10.2. The lowest BCUT2D eigenvalue weighted by Crippen LogP contribution is -2.38. The van der Waals surface area contributed by atoms with Gasteiger partial charge in [-0.15, -0.1) is 0 Å². The number of para-hydroxylation sites is 2. The quantitative estimate of drug-likeness (QED) is 0.552. The van der Waals surface area contributed by atoms with Gasteiger partial charge in [-0.1, -0.05) is 30.3 Å². The second-order valence-corrected chi connectivity index (χ2v) is 8.71. The smallest absolute Gasteiger partial charge is 0.265 e. The van der Waals surface area contributed by atoms with E-state index in [-0.39, 0.29) is 16.3 Å². The van der Waals surface area contributed by atoms with E-state index in [0.29, 0.717) is 11.4 Å². The molecule has 168 valence electrons. The normalized spacial score (nSPS) is 11.0. The first-order valence-electron chi connectivity index (χ1n) is 9.62. The zero-order chi connectivity index (χ0) is 23.3. The van der Waals surface area contributed by atoms with Crippen LogP contribution >= 0.6 is 0 Å². The van der Waals surface area contributed by atoms with Crippen molar-refractivity contribution in [1.29, 1.82) is 0 Å². The van der Waals surface area contributed by atoms with Crippen molar-refractivity contribution in [2.24, 2.45) is 0 Å². The molecule has 0 atom stereocenters. The topological polar surface area (TPSA) is 84.9 Å². The molecule has 1 N–H and O–H groups in total. The number of carbonyl (C=O) groups excluding carboxylic acids is 1. The number of hydrogen-bond acceptors (Lipinski definition) is 5. The van der Waals surface area contributed by atoms with E-state index in [4.69, 9.17) is 9.47 Å². The highest BCUT2D eigenvalue weighted by molar-refractivity contribution is 7.92. The van der Waals surface area contributed by atoms with Gasteiger partial charge >= 0.3 is 0 Å². The Morgan fingerprint density at radius 2 is 1.62 bits per heavy atom. The van der Waals surface area contributed by atoms with Crippen LogP contribution < -0.4 is 19.1 Å². The molecular weight excluding hydrogens is 435 g/mol. The van der Waals surface area contributed by atoms with E-state index in [1.807, 2.05) is 19.1 Å². The van der Waals surface area contributed by atoms with Crippen molar-refractivity contribution in [1.82, 2.24) is 0 Å². The molecule has 3 rings (SSSR count). The summed E-state index contributed by atoms with van der Waals surface area (Å²) in [6.07, 6.45) is 0. The van der Waals surface area contributed by atoms with Gasteiger partial charge in [-0.05, 0) is 42.8 Å². The van der Waals surface area contributed by atoms with Gasteiger partial charge in [-0.25, -0.2) is 12.8 Å². The van der Waals surface area contributed by atoms with Gasteiger partial charge in [0.2, 0.25) is 5.91 Å². The summed E-state index contributed by atoms with van der Waals surface area (Å²) in [6.45, 7) is 1.18. The summed E-state index contributed by atoms with van der Waals surface area (Å²) in [5.74, 6) is -0.876. The lowest BCUT2D eigenvalue weighted by molar-refractivity contribution is -0.114. The number of nitrogens with one attached hydrogen (secondary N) is 1. The Morgan fingerprint density at radius 1 is 0.969 bits per heavy atom. The summed E-state index contributed by atoms with van der Waals surface area (Å²) >= 11 is 0. The monoisotopic (exact) mass is 458 g/mol. The fourth-order valence-corrected chi connectivity index (χ4v) is 4.54. The summed E-state index contributed by atoms with van der Waals surface area (Å²) in [5.41, 5.74) is 1.10. The summed E-state index contributed by atoms with van der Waals surface area (Å²) in [6, 6.07) is 16.4. The standard InChI is InChI=1S/C23H23FN2O5S/c1-16-8-4-6-10-19(16)25-23(27)15-26(20-11-7-5-9-18(20)24)32(28,29)17-12-13-21(30-2)22(14-17)31-3/h4-14H,15H2,1-3H3,(H,25,27). The number of sulfonamides is 1. The van der Waals surface area contributed by atoms with Gasteiger partial charge in [-0.3, -0.25) is 9.10 Å². The van der Waals surface area contributed by atoms with Crippen LogP contribution in [-0.2, 0) is 14.8 Å². The molecule has 32 heavy (non-hydrogen) atoms. The van der Waals surface area contributed by atoms with Crippen LogP contribution in [0.15, 0.2) is 71.6 Å². The number of amides is 1. The number of benzene rings is 3. The molecule has 0 aromatic heterocycles. The van der Waals surface area contributed by atoms with Crippen molar-refractivity contribution in [2.45, 2.75) is 11.8 Å². The number of hydrogen-bond donors (Lipinski definition) is 1. The fourth-order valence-electron chi connectivity index (χ4n) is 3.09. The number of carbonyl (C=O) groups is 1. The predicted molar refractivity (Wildman–Crippen MR) is 120 cm³/mol. The minimum Gasteiger partial charge on any atom is -0.493 e. The summed E-state index contributed by atoms with van der Waals surface area (Å²) in [4.78, 5) is 12.6. The highest BCUT2D eigenvalue weighted by atomic mass is 32.2. The van der Waals surface area contributed by atoms with E-state index in [2.05, 4.69) is 5.32 Å². The first-order chi connectivity index (χ1) is 15.3. The van der Waals surface area contributed by atoms with Crippen molar-refractivity contribution in [2.75, 3.05) is 30.4 Å². The number of anilines is 2. The van der Waals surface area contributed by atoms with Crippen LogP contribution in [0.3, 0.4) is 0 Å². The van der Waals surface area contributed by atoms with E-state index >= 15 is 0 Å². The van der Waals surface area contributed by atoms with Gasteiger partial charge in [0.05, 0.1) is 24.8 Å². The molecule has 0 saturated heterocycles. The Hall–Kier alpha value is -3.59. The van der Waals surface area contributed by atoms with Crippen LogP contribution in [0.2, 0.25) is 0 Å². The Labute approximate surface area is 186 Å². The number of aryl methyl sites for hydroxylation is 1. The Kier molecular flexibility index (Phi) is 6.99. The molecule has 0 heterocycles. The molecule has 9 heteroatoms. The Morgan fingerprint density at radius 3 is 2.28 bits per heavy atom. The van der Waals surface area contributed by atoms with Gasteiger partial charge in [0, 0.05) is 11.8 Å². The van der Waals surface area contributed by atoms with Crippen molar-refractivity contribution >= 4 is 27.3 Å². The highest BCUT2D eigenvalue weighted by Crippen LogP contribution is 2.33. The molecule has 0 fully saturated rings. The number of rotatable bonds is 8. The van der Waals surface area contributed by atoms with Crippen LogP contribution in [0.5, 0.6) is 11.5 Å². The van der Waals surface area contributed by atoms with Crippen molar-refractivity contribution in [3.63, 3.8) is 0 Å². The fraction of sp³-hybridized carbons (Fsp3) is 0.174. The van der Waals surface area contributed by atoms with Crippen LogP contribution in [0.25, 0.3) is 0 Å². The second kappa shape index (κ2) is 9.69. The van der Waals surface area contributed by atoms with Crippen LogP contribution in [0.4, 0.5) is 15.8 Å². The zero-order valence-corrected chi connectivity index (χ0v) is 18.6. The average molecular weight is 459 g/mol. The molecule has 0 bridgehead atoms. The van der Waals surface area contributed by atoms with Gasteiger partial charge < -0.3 is 14.8 Å². The van der Waals surface area contributed by atoms with Crippen LogP contribution in [0, 0.1) is 12.7 Å². The summed E-state index contributed by atoms with van der Waals surface area (Å²) in [7, 11) is -1.54. The van der Waals surface area contributed by atoms with E-state index in [1.165, 1.54) is 50.6 Å². The molecular formula is C23H23FN2O5S. The van der Waals surface area contributed by atoms with Crippen molar-refractivity contribution < 1.29 is 27.1 Å². The molecule has 0 unspecified atom stereocenters. The van der Waals surface area contributed by atoms with E-state index in [1.54, 1.807) is 12.1 Å². The second-order valence-electron chi connectivity index (χ2n) is 6.84. The van der Waals surface area contributed by atoms with E-state index in [0.717, 1.165) is 15.9 Å². The Balaban J connectivity index is 2.02. The molecule has 7 nitrogen and oxygen atoms in total. The first kappa shape index (κ1) is 23.1. The summed E-state index contributed by atoms with van der Waals surface area (Å²) < 4.78 is 52.7. The maximum atomic E-state index is 14.6. The van der Waals surface area contributed by atoms with Gasteiger partial charge in [0.1, 0.15) is 12.4 Å². The molecule has 1 amide bonds. The minimum atomic E-state index is -4.33. The van der Waals surface area contributed by atoms with Gasteiger partial charge in [-0.2, -0.15) is 0 Å². The van der Waals surface area contributed by atoms with Crippen molar-refractivity contribution in [3.05, 3.63) is 78.1 Å². The third kappa shape index (κ3) is 4.83.